The Labute approximate surface area is 203 Å². The van der Waals surface area contributed by atoms with E-state index in [0.717, 1.165) is 0 Å². The zero-order valence-corrected chi connectivity index (χ0v) is 21.5. The molecule has 0 spiro atoms. The highest BCUT2D eigenvalue weighted by Crippen LogP contribution is 2.41. The molecule has 2 nitrogen and oxygen atoms in total. The Bertz CT molecular complexity index is 1040. The Kier molecular flexibility index (Phi) is 6.77. The summed E-state index contributed by atoms with van der Waals surface area (Å²) in [5, 5.41) is 10.4. The smallest absolute Gasteiger partial charge is 0.0917 e. The maximum absolute atomic E-state index is 10.4. The summed E-state index contributed by atoms with van der Waals surface area (Å²) >= 11 is 1.73. The summed E-state index contributed by atoms with van der Waals surface area (Å²) in [4.78, 5) is 1.17. The molecule has 0 radical (unpaired) electrons. The molecule has 2 atom stereocenters. The first-order chi connectivity index (χ1) is 15.5. The van der Waals surface area contributed by atoms with E-state index >= 15 is 0 Å². The molecule has 3 aromatic carbocycles. The van der Waals surface area contributed by atoms with Crippen LogP contribution < -0.4 is 0 Å². The molecule has 33 heavy (non-hydrogen) atoms. The van der Waals surface area contributed by atoms with Gasteiger partial charge >= 0.3 is 0 Å². The summed E-state index contributed by atoms with van der Waals surface area (Å²) in [5.74, 6) is 0. The molecule has 1 fully saturated rings. The monoisotopic (exact) mass is 460 g/mol. The van der Waals surface area contributed by atoms with Gasteiger partial charge in [-0.25, -0.2) is 0 Å². The minimum absolute atomic E-state index is 0.0404. The number of hydrogen-bond acceptors (Lipinski definition) is 3. The Hall–Kier alpha value is -2.07. The molecular weight excluding hydrogens is 424 g/mol. The lowest BCUT2D eigenvalue weighted by molar-refractivity contribution is 0.127. The summed E-state index contributed by atoms with van der Waals surface area (Å²) in [6.45, 7) is 14.6. The van der Waals surface area contributed by atoms with Crippen LogP contribution in [0.4, 0.5) is 0 Å². The van der Waals surface area contributed by atoms with Crippen LogP contribution in [0.15, 0.2) is 71.6 Å². The van der Waals surface area contributed by atoms with E-state index in [1.807, 2.05) is 0 Å². The van der Waals surface area contributed by atoms with Crippen molar-refractivity contribution in [2.45, 2.75) is 68.6 Å². The highest BCUT2D eigenvalue weighted by Gasteiger charge is 2.28. The van der Waals surface area contributed by atoms with Crippen LogP contribution in [0.5, 0.6) is 0 Å². The van der Waals surface area contributed by atoms with Gasteiger partial charge in [0.2, 0.25) is 0 Å². The molecule has 1 aliphatic heterocycles. The lowest BCUT2D eigenvalue weighted by Gasteiger charge is -2.25. The second-order valence-corrected chi connectivity index (χ2v) is 12.4. The van der Waals surface area contributed by atoms with Gasteiger partial charge < -0.3 is 9.84 Å². The van der Waals surface area contributed by atoms with Crippen molar-refractivity contribution in [1.29, 1.82) is 0 Å². The number of hydrogen-bond donors (Lipinski definition) is 1. The molecule has 0 aliphatic carbocycles. The van der Waals surface area contributed by atoms with E-state index in [0.29, 0.717) is 13.2 Å². The maximum atomic E-state index is 10.4. The topological polar surface area (TPSA) is 29.5 Å². The largest absolute Gasteiger partial charge is 0.389 e. The molecule has 1 aliphatic rings. The molecule has 0 unspecified atom stereocenters. The van der Waals surface area contributed by atoms with Gasteiger partial charge in [0.1, 0.15) is 0 Å². The first kappa shape index (κ1) is 24.1. The second-order valence-electron chi connectivity index (χ2n) is 11.1. The predicted octanol–water partition coefficient (Wildman–Crippen LogP) is 7.47. The molecule has 0 aromatic heterocycles. The molecule has 1 N–H and O–H groups in total. The van der Waals surface area contributed by atoms with Crippen LogP contribution >= 0.6 is 11.8 Å². The Morgan fingerprint density at radius 3 is 1.64 bits per heavy atom. The zero-order chi connectivity index (χ0) is 23.8. The first-order valence-corrected chi connectivity index (χ1v) is 12.7. The van der Waals surface area contributed by atoms with Crippen molar-refractivity contribution in [1.82, 2.24) is 0 Å². The van der Waals surface area contributed by atoms with Gasteiger partial charge in [-0.15, -0.1) is 11.8 Å². The van der Waals surface area contributed by atoms with E-state index in [1.165, 1.54) is 38.3 Å². The molecule has 0 amide bonds. The van der Waals surface area contributed by atoms with Gasteiger partial charge in [0.05, 0.1) is 24.6 Å². The molecule has 0 bridgehead atoms. The second kappa shape index (κ2) is 9.29. The van der Waals surface area contributed by atoms with Crippen LogP contribution in [-0.4, -0.2) is 29.7 Å². The minimum Gasteiger partial charge on any atom is -0.389 e. The molecule has 1 saturated heterocycles. The molecule has 174 valence electrons. The van der Waals surface area contributed by atoms with Crippen LogP contribution in [0.1, 0.15) is 52.7 Å². The third kappa shape index (κ3) is 5.37. The highest BCUT2D eigenvalue weighted by atomic mass is 32.2. The summed E-state index contributed by atoms with van der Waals surface area (Å²) in [6.07, 6.45) is -0.425. The van der Waals surface area contributed by atoms with Gasteiger partial charge in [-0.1, -0.05) is 90.1 Å². The van der Waals surface area contributed by atoms with Crippen molar-refractivity contribution < 1.29 is 9.84 Å². The van der Waals surface area contributed by atoms with Crippen LogP contribution in [0, 0.1) is 0 Å². The standard InChI is InChI=1S/C30H36O2S/c1-29(2,3)25-13-9-7-11-23(25)20-15-21(24-12-8-10-14-26(24)30(4,5)6)17-22(16-20)33-28-19-32-18-27(28)31/h7-17,27-28,31H,18-19H2,1-6H3/t27-,28-/m1/s1. The number of rotatable bonds is 4. The summed E-state index contributed by atoms with van der Waals surface area (Å²) in [5.41, 5.74) is 7.74. The number of thioether (sulfide) groups is 1. The zero-order valence-electron chi connectivity index (χ0n) is 20.7. The van der Waals surface area contributed by atoms with Gasteiger partial charge in [0.25, 0.3) is 0 Å². The molecule has 0 saturated carbocycles. The van der Waals surface area contributed by atoms with Crippen molar-refractivity contribution in [3.05, 3.63) is 77.9 Å². The SMILES string of the molecule is CC(C)(C)c1ccccc1-c1cc(S[C@@H]2COC[C@H]2O)cc(-c2ccccc2C(C)(C)C)c1. The molecule has 3 heteroatoms. The minimum atomic E-state index is -0.425. The molecule has 4 rings (SSSR count). The van der Waals surface area contributed by atoms with Crippen molar-refractivity contribution in [3.63, 3.8) is 0 Å². The van der Waals surface area contributed by atoms with Crippen molar-refractivity contribution in [2.24, 2.45) is 0 Å². The van der Waals surface area contributed by atoms with Crippen molar-refractivity contribution in [2.75, 3.05) is 13.2 Å². The van der Waals surface area contributed by atoms with Crippen LogP contribution in [0.25, 0.3) is 22.3 Å². The summed E-state index contributed by atoms with van der Waals surface area (Å²) < 4.78 is 5.53. The van der Waals surface area contributed by atoms with Gasteiger partial charge in [0, 0.05) is 4.90 Å². The van der Waals surface area contributed by atoms with Crippen molar-refractivity contribution >= 4 is 11.8 Å². The van der Waals surface area contributed by atoms with Crippen molar-refractivity contribution in [3.8, 4) is 22.3 Å². The fourth-order valence-corrected chi connectivity index (χ4v) is 5.71. The fraction of sp³-hybridized carbons (Fsp3) is 0.400. The lowest BCUT2D eigenvalue weighted by Crippen LogP contribution is -2.19. The third-order valence-corrected chi connectivity index (χ3v) is 7.55. The van der Waals surface area contributed by atoms with E-state index in [2.05, 4.69) is 108 Å². The van der Waals surface area contributed by atoms with E-state index in [1.54, 1.807) is 11.8 Å². The Balaban J connectivity index is 1.90. The van der Waals surface area contributed by atoms with Crippen LogP contribution in [-0.2, 0) is 15.6 Å². The van der Waals surface area contributed by atoms with Gasteiger partial charge in [-0.2, -0.15) is 0 Å². The molecule has 3 aromatic rings. The van der Waals surface area contributed by atoms with Gasteiger partial charge in [-0.3, -0.25) is 0 Å². The maximum Gasteiger partial charge on any atom is 0.0917 e. The first-order valence-electron chi connectivity index (χ1n) is 11.8. The Morgan fingerprint density at radius 1 is 0.727 bits per heavy atom. The average Bonchev–Trinajstić information content (AvgIpc) is 3.16. The summed E-state index contributed by atoms with van der Waals surface area (Å²) in [7, 11) is 0. The average molecular weight is 461 g/mol. The van der Waals surface area contributed by atoms with E-state index in [9.17, 15) is 5.11 Å². The third-order valence-electron chi connectivity index (χ3n) is 6.29. The van der Waals surface area contributed by atoms with Gasteiger partial charge in [0.15, 0.2) is 0 Å². The van der Waals surface area contributed by atoms with E-state index in [4.69, 9.17) is 4.74 Å². The molecule has 1 heterocycles. The van der Waals surface area contributed by atoms with E-state index < -0.39 is 6.10 Å². The molecular formula is C30H36O2S. The lowest BCUT2D eigenvalue weighted by atomic mass is 9.80. The van der Waals surface area contributed by atoms with Gasteiger partial charge in [-0.05, 0) is 62.4 Å². The summed E-state index contributed by atoms with van der Waals surface area (Å²) in [6, 6.07) is 24.4. The van der Waals surface area contributed by atoms with E-state index in [-0.39, 0.29) is 16.1 Å². The number of aliphatic hydroxyl groups is 1. The number of ether oxygens (including phenoxy) is 1. The number of aliphatic hydroxyl groups excluding tert-OH is 1. The normalized spacial score (nSPS) is 19.1. The predicted molar refractivity (Wildman–Crippen MR) is 141 cm³/mol. The van der Waals surface area contributed by atoms with Crippen LogP contribution in [0.2, 0.25) is 0 Å². The quantitative estimate of drug-likeness (QED) is 0.438. The Morgan fingerprint density at radius 2 is 1.21 bits per heavy atom. The fourth-order valence-electron chi connectivity index (χ4n) is 4.57. The highest BCUT2D eigenvalue weighted by molar-refractivity contribution is 8.00. The van der Waals surface area contributed by atoms with Crippen LogP contribution in [0.3, 0.4) is 0 Å². The number of benzene rings is 3.